The molecule has 0 unspecified atom stereocenters. The van der Waals surface area contributed by atoms with Crippen LogP contribution >= 0.6 is 0 Å². The van der Waals surface area contributed by atoms with Crippen LogP contribution in [0, 0.1) is 26.6 Å². The number of aryl methyl sites for hydroxylation is 3. The molecule has 0 saturated heterocycles. The molecule has 3 aromatic rings. The molecule has 138 valence electrons. The van der Waals surface area contributed by atoms with E-state index in [-0.39, 0.29) is 22.9 Å². The molecule has 0 aliphatic rings. The fourth-order valence-electron chi connectivity index (χ4n) is 2.72. The number of aromatic amines is 1. The normalized spacial score (nSPS) is 11.8. The Balaban J connectivity index is 1.72. The number of benzene rings is 1. The van der Waals surface area contributed by atoms with Crippen molar-refractivity contribution < 1.29 is 17.2 Å². The second-order valence-electron chi connectivity index (χ2n) is 5.91. The van der Waals surface area contributed by atoms with E-state index in [1.54, 1.807) is 39.0 Å². The Morgan fingerprint density at radius 1 is 1.23 bits per heavy atom. The van der Waals surface area contributed by atoms with E-state index in [1.807, 2.05) is 0 Å². The smallest absolute Gasteiger partial charge is 0.244 e. The first kappa shape index (κ1) is 18.3. The zero-order valence-corrected chi connectivity index (χ0v) is 15.4. The molecule has 9 heteroatoms. The molecule has 0 amide bonds. The van der Waals surface area contributed by atoms with Gasteiger partial charge in [0, 0.05) is 13.0 Å². The van der Waals surface area contributed by atoms with E-state index in [0.717, 1.165) is 0 Å². The largest absolute Gasteiger partial charge is 0.441 e. The van der Waals surface area contributed by atoms with Crippen molar-refractivity contribution in [2.24, 2.45) is 0 Å². The first-order valence-corrected chi connectivity index (χ1v) is 9.50. The molecule has 7 nitrogen and oxygen atoms in total. The second kappa shape index (κ2) is 7.00. The maximum absolute atomic E-state index is 13.9. The van der Waals surface area contributed by atoms with Crippen molar-refractivity contribution in [2.75, 3.05) is 6.54 Å². The van der Waals surface area contributed by atoms with Gasteiger partial charge in [-0.25, -0.2) is 22.5 Å². The van der Waals surface area contributed by atoms with E-state index in [4.69, 9.17) is 4.42 Å². The minimum absolute atomic E-state index is 0.135. The van der Waals surface area contributed by atoms with Crippen molar-refractivity contribution in [2.45, 2.75) is 32.1 Å². The third-order valence-electron chi connectivity index (χ3n) is 3.98. The van der Waals surface area contributed by atoms with E-state index >= 15 is 0 Å². The number of hydrogen-bond acceptors (Lipinski definition) is 5. The van der Waals surface area contributed by atoms with Crippen LogP contribution in [0.5, 0.6) is 0 Å². The van der Waals surface area contributed by atoms with Crippen LogP contribution in [0.3, 0.4) is 0 Å². The summed E-state index contributed by atoms with van der Waals surface area (Å²) in [6, 6.07) is 6.20. The van der Waals surface area contributed by atoms with Crippen LogP contribution in [-0.2, 0) is 16.4 Å². The van der Waals surface area contributed by atoms with Gasteiger partial charge in [-0.1, -0.05) is 12.1 Å². The van der Waals surface area contributed by atoms with Gasteiger partial charge in [0.2, 0.25) is 15.9 Å². The van der Waals surface area contributed by atoms with Gasteiger partial charge in [-0.05, 0) is 32.9 Å². The molecule has 0 aliphatic carbocycles. The SMILES string of the molecule is Cc1n[nH]c(C)c1S(=O)(=O)NCCc1nc(-c2ccccc2F)oc1C. The summed E-state index contributed by atoms with van der Waals surface area (Å²) in [4.78, 5) is 4.45. The van der Waals surface area contributed by atoms with Crippen molar-refractivity contribution >= 4 is 10.0 Å². The number of aromatic nitrogens is 3. The first-order valence-electron chi connectivity index (χ1n) is 8.02. The number of nitrogens with one attached hydrogen (secondary N) is 2. The summed E-state index contributed by atoms with van der Waals surface area (Å²) in [7, 11) is -3.68. The fourth-order valence-corrected chi connectivity index (χ4v) is 4.12. The molecule has 0 spiro atoms. The van der Waals surface area contributed by atoms with E-state index < -0.39 is 15.8 Å². The monoisotopic (exact) mass is 378 g/mol. The molecular formula is C17H19FN4O3S. The average Bonchev–Trinajstić information content (AvgIpc) is 3.10. The average molecular weight is 378 g/mol. The summed E-state index contributed by atoms with van der Waals surface area (Å²) >= 11 is 0. The zero-order valence-electron chi connectivity index (χ0n) is 14.6. The van der Waals surface area contributed by atoms with Gasteiger partial charge in [0.05, 0.1) is 22.6 Å². The summed E-state index contributed by atoms with van der Waals surface area (Å²) in [5, 5.41) is 6.56. The standard InChI is InChI=1S/C17H19FN4O3S/c1-10-16(11(2)22-21-10)26(23,24)19-9-8-15-12(3)25-17(20-15)13-6-4-5-7-14(13)18/h4-7,19H,8-9H2,1-3H3,(H,21,22). The highest BCUT2D eigenvalue weighted by molar-refractivity contribution is 7.89. The van der Waals surface area contributed by atoms with Crippen LogP contribution in [-0.4, -0.2) is 30.1 Å². The molecule has 1 aromatic carbocycles. The van der Waals surface area contributed by atoms with Crippen molar-refractivity contribution in [1.29, 1.82) is 0 Å². The molecule has 26 heavy (non-hydrogen) atoms. The van der Waals surface area contributed by atoms with Gasteiger partial charge in [-0.15, -0.1) is 0 Å². The highest BCUT2D eigenvalue weighted by Crippen LogP contribution is 2.24. The Labute approximate surface area is 150 Å². The number of oxazole rings is 1. The summed E-state index contributed by atoms with van der Waals surface area (Å²) in [5.41, 5.74) is 1.74. The minimum Gasteiger partial charge on any atom is -0.441 e. The summed E-state index contributed by atoms with van der Waals surface area (Å²) in [6.07, 6.45) is 0.318. The molecule has 0 aliphatic heterocycles. The van der Waals surface area contributed by atoms with Crippen molar-refractivity contribution in [1.82, 2.24) is 19.9 Å². The van der Waals surface area contributed by atoms with Crippen LogP contribution in [0.2, 0.25) is 0 Å². The predicted molar refractivity (Wildman–Crippen MR) is 93.6 cm³/mol. The number of halogens is 1. The number of hydrogen-bond donors (Lipinski definition) is 2. The Hall–Kier alpha value is -2.52. The van der Waals surface area contributed by atoms with Crippen LogP contribution in [0.4, 0.5) is 4.39 Å². The zero-order chi connectivity index (χ0) is 18.9. The van der Waals surface area contributed by atoms with Crippen LogP contribution in [0.15, 0.2) is 33.6 Å². The third-order valence-corrected chi connectivity index (χ3v) is 5.70. The fraction of sp³-hybridized carbons (Fsp3) is 0.294. The number of H-pyrrole nitrogens is 1. The Bertz CT molecular complexity index is 1020. The van der Waals surface area contributed by atoms with Gasteiger partial charge in [-0.3, -0.25) is 5.10 Å². The topological polar surface area (TPSA) is 101 Å². The van der Waals surface area contributed by atoms with Crippen molar-refractivity contribution in [3.05, 3.63) is 52.9 Å². The predicted octanol–water partition coefficient (Wildman–Crippen LogP) is 2.65. The van der Waals surface area contributed by atoms with E-state index in [1.165, 1.54) is 6.07 Å². The maximum Gasteiger partial charge on any atom is 0.244 e. The van der Waals surface area contributed by atoms with Gasteiger partial charge in [0.1, 0.15) is 16.5 Å². The summed E-state index contributed by atoms with van der Waals surface area (Å²) < 4.78 is 46.8. The molecule has 0 saturated carbocycles. The van der Waals surface area contributed by atoms with Gasteiger partial charge in [-0.2, -0.15) is 5.10 Å². The second-order valence-corrected chi connectivity index (χ2v) is 7.62. The number of rotatable bonds is 6. The maximum atomic E-state index is 13.9. The quantitative estimate of drug-likeness (QED) is 0.687. The van der Waals surface area contributed by atoms with Gasteiger partial charge < -0.3 is 4.42 Å². The minimum atomic E-state index is -3.68. The van der Waals surface area contributed by atoms with Crippen LogP contribution in [0.25, 0.3) is 11.5 Å². The molecule has 0 radical (unpaired) electrons. The van der Waals surface area contributed by atoms with Crippen LogP contribution < -0.4 is 4.72 Å². The molecule has 3 rings (SSSR count). The van der Waals surface area contributed by atoms with Crippen molar-refractivity contribution in [3.63, 3.8) is 0 Å². The summed E-state index contributed by atoms with van der Waals surface area (Å²) in [6.45, 7) is 5.12. The van der Waals surface area contributed by atoms with E-state index in [2.05, 4.69) is 19.9 Å². The Kier molecular flexibility index (Phi) is 4.92. The van der Waals surface area contributed by atoms with Crippen LogP contribution in [0.1, 0.15) is 22.8 Å². The lowest BCUT2D eigenvalue weighted by atomic mass is 10.2. The lowest BCUT2D eigenvalue weighted by Gasteiger charge is -2.06. The summed E-state index contributed by atoms with van der Waals surface area (Å²) in [5.74, 6) is 0.282. The van der Waals surface area contributed by atoms with Gasteiger partial charge in [0.25, 0.3) is 0 Å². The molecular weight excluding hydrogens is 359 g/mol. The van der Waals surface area contributed by atoms with Crippen molar-refractivity contribution in [3.8, 4) is 11.5 Å². The molecule has 0 bridgehead atoms. The highest BCUT2D eigenvalue weighted by atomic mass is 32.2. The Morgan fingerprint density at radius 3 is 2.62 bits per heavy atom. The first-order chi connectivity index (χ1) is 12.3. The molecule has 2 aromatic heterocycles. The Morgan fingerprint density at radius 2 is 1.96 bits per heavy atom. The number of nitrogens with zero attached hydrogens (tertiary/aromatic N) is 2. The molecule has 0 fully saturated rings. The van der Waals surface area contributed by atoms with Gasteiger partial charge in [0.15, 0.2) is 0 Å². The third kappa shape index (κ3) is 3.54. The molecule has 0 atom stereocenters. The van der Waals surface area contributed by atoms with Gasteiger partial charge >= 0.3 is 0 Å². The lowest BCUT2D eigenvalue weighted by Crippen LogP contribution is -2.27. The number of sulfonamides is 1. The lowest BCUT2D eigenvalue weighted by molar-refractivity contribution is 0.531. The van der Waals surface area contributed by atoms with E-state index in [0.29, 0.717) is 29.3 Å². The highest BCUT2D eigenvalue weighted by Gasteiger charge is 2.22. The van der Waals surface area contributed by atoms with E-state index in [9.17, 15) is 12.8 Å². The molecule has 2 N–H and O–H groups in total. The molecule has 2 heterocycles.